The van der Waals surface area contributed by atoms with Crippen molar-refractivity contribution in [3.8, 4) is 11.5 Å². The van der Waals surface area contributed by atoms with E-state index in [0.29, 0.717) is 22.8 Å². The highest BCUT2D eigenvalue weighted by atomic mass is 32.1. The largest absolute Gasteiger partial charge is 0.454 e. The number of imide groups is 1. The number of carbonyl (C=O) groups excluding carboxylic acids is 2. The Kier molecular flexibility index (Phi) is 4.52. The molecule has 0 radical (unpaired) electrons. The van der Waals surface area contributed by atoms with Crippen LogP contribution < -0.4 is 14.4 Å². The van der Waals surface area contributed by atoms with Crippen LogP contribution in [-0.2, 0) is 16.1 Å². The monoisotopic (exact) mass is 418 g/mol. The molecule has 0 fully saturated rings. The Hall–Kier alpha value is -3.58. The van der Waals surface area contributed by atoms with Crippen molar-refractivity contribution in [1.82, 2.24) is 4.90 Å². The molecule has 0 N–H and O–H groups in total. The zero-order valence-corrected chi connectivity index (χ0v) is 17.0. The van der Waals surface area contributed by atoms with Crippen molar-refractivity contribution in [2.45, 2.75) is 6.54 Å². The number of hydrogen-bond donors (Lipinski definition) is 0. The second-order valence-corrected chi connectivity index (χ2v) is 7.93. The van der Waals surface area contributed by atoms with Gasteiger partial charge in [0.05, 0.1) is 12.1 Å². The molecule has 2 aromatic carbocycles. The molecule has 0 saturated heterocycles. The molecular formula is C23H18N2O4S. The maximum atomic E-state index is 13.4. The summed E-state index contributed by atoms with van der Waals surface area (Å²) >= 11 is 1.45. The second kappa shape index (κ2) is 7.35. The molecule has 3 aromatic rings. The van der Waals surface area contributed by atoms with Crippen LogP contribution in [0.15, 0.2) is 71.7 Å². The molecule has 0 atom stereocenters. The fourth-order valence-corrected chi connectivity index (χ4v) is 4.43. The summed E-state index contributed by atoms with van der Waals surface area (Å²) in [7, 11) is 1.81. The zero-order valence-electron chi connectivity index (χ0n) is 16.2. The summed E-state index contributed by atoms with van der Waals surface area (Å²) in [6.07, 6.45) is 0. The number of rotatable bonds is 5. The summed E-state index contributed by atoms with van der Waals surface area (Å²) in [4.78, 5) is 30.7. The topological polar surface area (TPSA) is 59.1 Å². The number of likely N-dealkylation sites (N-methyl/N-ethyl adjacent to an activating group) is 1. The van der Waals surface area contributed by atoms with Gasteiger partial charge < -0.3 is 14.4 Å². The molecule has 0 unspecified atom stereocenters. The molecule has 30 heavy (non-hydrogen) atoms. The van der Waals surface area contributed by atoms with Crippen LogP contribution in [0.25, 0.3) is 5.57 Å². The Balaban J connectivity index is 1.52. The maximum absolute atomic E-state index is 13.4. The lowest BCUT2D eigenvalue weighted by Gasteiger charge is -2.21. The van der Waals surface area contributed by atoms with Gasteiger partial charge in [-0.3, -0.25) is 14.5 Å². The molecule has 3 heterocycles. The highest BCUT2D eigenvalue weighted by Crippen LogP contribution is 2.37. The first-order valence-electron chi connectivity index (χ1n) is 9.45. The number of amides is 2. The van der Waals surface area contributed by atoms with E-state index in [4.69, 9.17) is 9.47 Å². The Labute approximate surface area is 177 Å². The Morgan fingerprint density at radius 1 is 0.967 bits per heavy atom. The van der Waals surface area contributed by atoms with Gasteiger partial charge in [-0.25, -0.2) is 0 Å². The number of ether oxygens (including phenoxy) is 2. The quantitative estimate of drug-likeness (QED) is 0.589. The number of fused-ring (bicyclic) bond motifs is 1. The van der Waals surface area contributed by atoms with E-state index in [2.05, 4.69) is 0 Å². The van der Waals surface area contributed by atoms with E-state index in [1.54, 1.807) is 11.0 Å². The lowest BCUT2D eigenvalue weighted by atomic mass is 10.1. The zero-order chi connectivity index (χ0) is 20.7. The van der Waals surface area contributed by atoms with Gasteiger partial charge in [-0.15, -0.1) is 11.3 Å². The minimum Gasteiger partial charge on any atom is -0.454 e. The van der Waals surface area contributed by atoms with Gasteiger partial charge >= 0.3 is 0 Å². The van der Waals surface area contributed by atoms with Crippen molar-refractivity contribution in [2.24, 2.45) is 0 Å². The van der Waals surface area contributed by atoms with Crippen LogP contribution >= 0.6 is 11.3 Å². The number of benzene rings is 2. The molecule has 0 aliphatic carbocycles. The molecule has 0 spiro atoms. The van der Waals surface area contributed by atoms with Crippen LogP contribution in [0.2, 0.25) is 0 Å². The Bertz CT molecular complexity index is 1160. The second-order valence-electron chi connectivity index (χ2n) is 6.98. The Morgan fingerprint density at radius 3 is 2.53 bits per heavy atom. The summed E-state index contributed by atoms with van der Waals surface area (Å²) in [5.41, 5.74) is 2.46. The molecular weight excluding hydrogens is 400 g/mol. The minimum atomic E-state index is -0.313. The predicted molar refractivity (Wildman–Crippen MR) is 114 cm³/mol. The number of hydrogen-bond acceptors (Lipinski definition) is 6. The number of nitrogens with zero attached hydrogens (tertiary/aromatic N) is 2. The van der Waals surface area contributed by atoms with Gasteiger partial charge in [0.2, 0.25) is 6.79 Å². The summed E-state index contributed by atoms with van der Waals surface area (Å²) < 4.78 is 10.8. The lowest BCUT2D eigenvalue weighted by Crippen LogP contribution is -2.33. The van der Waals surface area contributed by atoms with Crippen molar-refractivity contribution in [2.75, 3.05) is 18.7 Å². The van der Waals surface area contributed by atoms with E-state index in [1.807, 2.05) is 67.0 Å². The first-order chi connectivity index (χ1) is 14.6. The predicted octanol–water partition coefficient (Wildman–Crippen LogP) is 3.89. The highest BCUT2D eigenvalue weighted by Gasteiger charge is 2.41. The van der Waals surface area contributed by atoms with Crippen LogP contribution in [0.1, 0.15) is 10.4 Å². The van der Waals surface area contributed by atoms with Crippen LogP contribution in [0.3, 0.4) is 0 Å². The third-order valence-corrected chi connectivity index (χ3v) is 6.06. The van der Waals surface area contributed by atoms with Gasteiger partial charge in [0.15, 0.2) is 11.5 Å². The van der Waals surface area contributed by atoms with E-state index in [9.17, 15) is 9.59 Å². The summed E-state index contributed by atoms with van der Waals surface area (Å²) in [6.45, 7) is 0.339. The van der Waals surface area contributed by atoms with E-state index in [0.717, 1.165) is 16.1 Å². The van der Waals surface area contributed by atoms with Gasteiger partial charge in [-0.1, -0.05) is 30.3 Å². The molecule has 7 heteroatoms. The van der Waals surface area contributed by atoms with E-state index in [-0.39, 0.29) is 25.2 Å². The van der Waals surface area contributed by atoms with Gasteiger partial charge in [0.1, 0.15) is 5.70 Å². The first kappa shape index (κ1) is 18.4. The summed E-state index contributed by atoms with van der Waals surface area (Å²) in [6, 6.07) is 18.8. The standard InChI is InChI=1S/C23H18N2O4S/c1-24(16-6-3-2-4-7-16)21-20(19-8-5-11-30-19)22(26)25(23(21)27)13-15-9-10-17-18(12-15)29-14-28-17/h2-12H,13-14H2,1H3. The molecule has 0 saturated carbocycles. The van der Waals surface area contributed by atoms with Crippen LogP contribution in [0.5, 0.6) is 11.5 Å². The summed E-state index contributed by atoms with van der Waals surface area (Å²) in [5.74, 6) is 0.685. The molecule has 5 rings (SSSR count). The normalized spacial score (nSPS) is 15.3. The fourth-order valence-electron chi connectivity index (χ4n) is 3.66. The maximum Gasteiger partial charge on any atom is 0.278 e. The van der Waals surface area contributed by atoms with Crippen molar-refractivity contribution >= 4 is 34.4 Å². The van der Waals surface area contributed by atoms with Gasteiger partial charge in [-0.05, 0) is 41.3 Å². The third kappa shape index (κ3) is 3.04. The van der Waals surface area contributed by atoms with Gasteiger partial charge in [0.25, 0.3) is 11.8 Å². The Morgan fingerprint density at radius 2 is 1.77 bits per heavy atom. The smallest absolute Gasteiger partial charge is 0.278 e. The average Bonchev–Trinajstić information content (AvgIpc) is 3.50. The molecule has 2 aliphatic rings. The number of para-hydroxylation sites is 1. The van der Waals surface area contributed by atoms with Crippen LogP contribution in [0.4, 0.5) is 5.69 Å². The molecule has 2 aliphatic heterocycles. The molecule has 2 amide bonds. The molecule has 1 aromatic heterocycles. The molecule has 150 valence electrons. The SMILES string of the molecule is CN(C1=C(c2cccs2)C(=O)N(Cc2ccc3c(c2)OCO3)C1=O)c1ccccc1. The van der Waals surface area contributed by atoms with E-state index >= 15 is 0 Å². The van der Waals surface area contributed by atoms with Gasteiger partial charge in [0, 0.05) is 17.6 Å². The molecule has 0 bridgehead atoms. The van der Waals surface area contributed by atoms with E-state index in [1.165, 1.54) is 16.2 Å². The number of carbonyl (C=O) groups is 2. The van der Waals surface area contributed by atoms with Gasteiger partial charge in [-0.2, -0.15) is 0 Å². The van der Waals surface area contributed by atoms with Crippen molar-refractivity contribution < 1.29 is 19.1 Å². The molecule has 6 nitrogen and oxygen atoms in total. The lowest BCUT2D eigenvalue weighted by molar-refractivity contribution is -0.137. The van der Waals surface area contributed by atoms with Crippen molar-refractivity contribution in [3.05, 3.63) is 82.2 Å². The summed E-state index contributed by atoms with van der Waals surface area (Å²) in [5, 5.41) is 1.90. The third-order valence-electron chi connectivity index (χ3n) is 5.17. The highest BCUT2D eigenvalue weighted by molar-refractivity contribution is 7.11. The van der Waals surface area contributed by atoms with Crippen molar-refractivity contribution in [1.29, 1.82) is 0 Å². The number of thiophene rings is 1. The number of anilines is 1. The average molecular weight is 418 g/mol. The first-order valence-corrected chi connectivity index (χ1v) is 10.3. The van der Waals surface area contributed by atoms with Crippen molar-refractivity contribution in [3.63, 3.8) is 0 Å². The van der Waals surface area contributed by atoms with E-state index < -0.39 is 0 Å². The fraction of sp³-hybridized carbons (Fsp3) is 0.130. The van der Waals surface area contributed by atoms with Crippen LogP contribution in [0, 0.1) is 0 Å². The minimum absolute atomic E-state index is 0.162. The van der Waals surface area contributed by atoms with Crippen LogP contribution in [-0.4, -0.2) is 30.6 Å².